The Kier molecular flexibility index (Phi) is 2.68. The van der Waals surface area contributed by atoms with Crippen LogP contribution >= 0.6 is 11.6 Å². The van der Waals surface area contributed by atoms with Gasteiger partial charge in [0.15, 0.2) is 0 Å². The standard InChI is InChI=1S/C14H10ClFN2O/c1-18-13-5-2-8(15)6-12(13)17-11-4-3-9(16)7-10(11)14(18)19/h2-7,17H,1H3. The molecule has 1 N–H and O–H groups in total. The molecule has 1 heterocycles. The van der Waals surface area contributed by atoms with Crippen LogP contribution in [0.2, 0.25) is 5.02 Å². The summed E-state index contributed by atoms with van der Waals surface area (Å²) in [6.07, 6.45) is 0. The summed E-state index contributed by atoms with van der Waals surface area (Å²) in [5, 5.41) is 3.69. The van der Waals surface area contributed by atoms with E-state index in [2.05, 4.69) is 5.32 Å². The average Bonchev–Trinajstić information content (AvgIpc) is 2.48. The van der Waals surface area contributed by atoms with Crippen LogP contribution in [0.3, 0.4) is 0 Å². The minimum atomic E-state index is -0.439. The molecule has 2 aromatic carbocycles. The van der Waals surface area contributed by atoms with Crippen LogP contribution in [-0.2, 0) is 0 Å². The summed E-state index contributed by atoms with van der Waals surface area (Å²) in [5.74, 6) is -0.700. The molecule has 0 unspecified atom stereocenters. The fraction of sp³-hybridized carbons (Fsp3) is 0.0714. The number of nitrogens with zero attached hydrogens (tertiary/aromatic N) is 1. The van der Waals surface area contributed by atoms with Crippen molar-refractivity contribution in [1.29, 1.82) is 0 Å². The van der Waals surface area contributed by atoms with Crippen LogP contribution in [0.25, 0.3) is 0 Å². The summed E-state index contributed by atoms with van der Waals surface area (Å²) in [6.45, 7) is 0. The number of hydrogen-bond donors (Lipinski definition) is 1. The van der Waals surface area contributed by atoms with Gasteiger partial charge in [0.1, 0.15) is 5.82 Å². The summed E-state index contributed by atoms with van der Waals surface area (Å²) in [5.41, 5.74) is 2.29. The van der Waals surface area contributed by atoms with E-state index in [9.17, 15) is 9.18 Å². The lowest BCUT2D eigenvalue weighted by molar-refractivity contribution is 0.0994. The van der Waals surface area contributed by atoms with Crippen LogP contribution in [0, 0.1) is 5.82 Å². The lowest BCUT2D eigenvalue weighted by atomic mass is 10.1. The zero-order valence-electron chi connectivity index (χ0n) is 10.1. The Hall–Kier alpha value is -2.07. The van der Waals surface area contributed by atoms with Gasteiger partial charge in [-0.2, -0.15) is 0 Å². The number of nitrogens with one attached hydrogen (secondary N) is 1. The molecule has 0 radical (unpaired) electrons. The molecule has 0 spiro atoms. The number of hydrogen-bond acceptors (Lipinski definition) is 2. The average molecular weight is 277 g/mol. The van der Waals surface area contributed by atoms with Crippen molar-refractivity contribution in [3.8, 4) is 0 Å². The predicted molar refractivity (Wildman–Crippen MR) is 73.9 cm³/mol. The van der Waals surface area contributed by atoms with E-state index in [1.807, 2.05) is 0 Å². The Morgan fingerprint density at radius 3 is 2.74 bits per heavy atom. The Bertz CT molecular complexity index is 687. The first-order valence-electron chi connectivity index (χ1n) is 5.70. The second-order valence-corrected chi connectivity index (χ2v) is 4.78. The van der Waals surface area contributed by atoms with Gasteiger partial charge in [0.25, 0.3) is 5.91 Å². The van der Waals surface area contributed by atoms with Crippen LogP contribution in [0.5, 0.6) is 0 Å². The lowest BCUT2D eigenvalue weighted by Crippen LogP contribution is -2.25. The van der Waals surface area contributed by atoms with E-state index in [0.29, 0.717) is 27.6 Å². The summed E-state index contributed by atoms with van der Waals surface area (Å²) < 4.78 is 13.3. The number of amides is 1. The van der Waals surface area contributed by atoms with Crippen molar-refractivity contribution in [3.63, 3.8) is 0 Å². The van der Waals surface area contributed by atoms with Crippen molar-refractivity contribution in [3.05, 3.63) is 52.8 Å². The van der Waals surface area contributed by atoms with Gasteiger partial charge in [-0.25, -0.2) is 4.39 Å². The monoisotopic (exact) mass is 276 g/mol. The Morgan fingerprint density at radius 1 is 1.16 bits per heavy atom. The van der Waals surface area contributed by atoms with Crippen LogP contribution in [0.1, 0.15) is 10.4 Å². The Morgan fingerprint density at radius 2 is 1.95 bits per heavy atom. The third kappa shape index (κ3) is 1.94. The molecule has 5 heteroatoms. The smallest absolute Gasteiger partial charge is 0.260 e. The van der Waals surface area contributed by atoms with Crippen molar-refractivity contribution in [2.45, 2.75) is 0 Å². The highest BCUT2D eigenvalue weighted by molar-refractivity contribution is 6.31. The molecule has 0 aliphatic carbocycles. The molecule has 0 fully saturated rings. The molecular weight excluding hydrogens is 267 g/mol. The molecule has 19 heavy (non-hydrogen) atoms. The number of halogens is 2. The first kappa shape index (κ1) is 12.0. The molecule has 96 valence electrons. The molecule has 2 aromatic rings. The molecule has 3 nitrogen and oxygen atoms in total. The summed E-state index contributed by atoms with van der Waals surface area (Å²) >= 11 is 5.96. The molecule has 0 saturated heterocycles. The zero-order chi connectivity index (χ0) is 13.6. The molecule has 1 amide bonds. The molecule has 1 aliphatic heterocycles. The largest absolute Gasteiger partial charge is 0.353 e. The van der Waals surface area contributed by atoms with E-state index in [1.165, 1.54) is 17.0 Å². The number of rotatable bonds is 0. The van der Waals surface area contributed by atoms with Gasteiger partial charge in [-0.15, -0.1) is 0 Å². The van der Waals surface area contributed by atoms with Gasteiger partial charge >= 0.3 is 0 Å². The highest BCUT2D eigenvalue weighted by Crippen LogP contribution is 2.36. The van der Waals surface area contributed by atoms with Crippen molar-refractivity contribution in [2.24, 2.45) is 0 Å². The van der Waals surface area contributed by atoms with E-state index >= 15 is 0 Å². The van der Waals surface area contributed by atoms with Gasteiger partial charge in [-0.3, -0.25) is 4.79 Å². The highest BCUT2D eigenvalue weighted by Gasteiger charge is 2.24. The van der Waals surface area contributed by atoms with E-state index in [-0.39, 0.29) is 5.91 Å². The topological polar surface area (TPSA) is 32.3 Å². The van der Waals surface area contributed by atoms with Gasteiger partial charge in [0, 0.05) is 12.1 Å². The number of carbonyl (C=O) groups excluding carboxylic acids is 1. The third-order valence-corrected chi connectivity index (χ3v) is 3.34. The van der Waals surface area contributed by atoms with Crippen molar-refractivity contribution >= 4 is 34.6 Å². The maximum absolute atomic E-state index is 13.3. The number of fused-ring (bicyclic) bond motifs is 2. The minimum Gasteiger partial charge on any atom is -0.353 e. The zero-order valence-corrected chi connectivity index (χ0v) is 10.8. The van der Waals surface area contributed by atoms with Crippen molar-refractivity contribution in [1.82, 2.24) is 0 Å². The summed E-state index contributed by atoms with van der Waals surface area (Å²) in [6, 6.07) is 9.29. The van der Waals surface area contributed by atoms with E-state index < -0.39 is 5.82 Å². The van der Waals surface area contributed by atoms with Crippen LogP contribution in [0.15, 0.2) is 36.4 Å². The molecular formula is C14H10ClFN2O. The van der Waals surface area contributed by atoms with Gasteiger partial charge in [-0.05, 0) is 36.4 Å². The van der Waals surface area contributed by atoms with E-state index in [1.54, 1.807) is 31.3 Å². The van der Waals surface area contributed by atoms with E-state index in [4.69, 9.17) is 11.6 Å². The number of anilines is 3. The molecule has 1 aliphatic rings. The molecule has 3 rings (SSSR count). The first-order chi connectivity index (χ1) is 9.06. The highest BCUT2D eigenvalue weighted by atomic mass is 35.5. The minimum absolute atomic E-state index is 0.261. The van der Waals surface area contributed by atoms with E-state index in [0.717, 1.165) is 0 Å². The first-order valence-corrected chi connectivity index (χ1v) is 6.08. The van der Waals surface area contributed by atoms with Gasteiger partial charge < -0.3 is 10.2 Å². The molecule has 0 saturated carbocycles. The van der Waals surface area contributed by atoms with Crippen molar-refractivity contribution in [2.75, 3.05) is 17.3 Å². The second-order valence-electron chi connectivity index (χ2n) is 4.34. The van der Waals surface area contributed by atoms with Gasteiger partial charge in [0.2, 0.25) is 0 Å². The lowest BCUT2D eigenvalue weighted by Gasteiger charge is -2.17. The van der Waals surface area contributed by atoms with Gasteiger partial charge in [-0.1, -0.05) is 11.6 Å². The van der Waals surface area contributed by atoms with Crippen LogP contribution in [0.4, 0.5) is 21.5 Å². The van der Waals surface area contributed by atoms with Crippen LogP contribution < -0.4 is 10.2 Å². The SMILES string of the molecule is CN1C(=O)c2cc(F)ccc2Nc2cc(Cl)ccc21. The number of carbonyl (C=O) groups is 1. The fourth-order valence-corrected chi connectivity index (χ4v) is 2.31. The van der Waals surface area contributed by atoms with Crippen molar-refractivity contribution < 1.29 is 9.18 Å². The Labute approximate surface area is 114 Å². The molecule has 0 atom stereocenters. The maximum atomic E-state index is 13.3. The summed E-state index contributed by atoms with van der Waals surface area (Å²) in [4.78, 5) is 13.8. The normalized spacial score (nSPS) is 13.4. The quantitative estimate of drug-likeness (QED) is 0.793. The predicted octanol–water partition coefficient (Wildman–Crippen LogP) is 3.81. The molecule has 0 bridgehead atoms. The summed E-state index contributed by atoms with van der Waals surface area (Å²) in [7, 11) is 1.65. The third-order valence-electron chi connectivity index (χ3n) is 3.11. The second kappa shape index (κ2) is 4.24. The Balaban J connectivity index is 2.23. The fourth-order valence-electron chi connectivity index (χ4n) is 2.14. The van der Waals surface area contributed by atoms with Gasteiger partial charge in [0.05, 0.1) is 22.6 Å². The maximum Gasteiger partial charge on any atom is 0.260 e. The van der Waals surface area contributed by atoms with Crippen LogP contribution in [-0.4, -0.2) is 13.0 Å². The number of benzene rings is 2. The molecule has 0 aromatic heterocycles.